The van der Waals surface area contributed by atoms with Gasteiger partial charge in [-0.25, -0.2) is 8.42 Å². The van der Waals surface area contributed by atoms with Gasteiger partial charge in [0.2, 0.25) is 0 Å². The molecule has 0 saturated carbocycles. The predicted octanol–water partition coefficient (Wildman–Crippen LogP) is 4.55. The lowest BCUT2D eigenvalue weighted by Crippen LogP contribution is -2.28. The number of amides is 1. The molecule has 3 aromatic carbocycles. The Bertz CT molecular complexity index is 1090. The Labute approximate surface area is 177 Å². The molecule has 0 aliphatic carbocycles. The molecule has 0 radical (unpaired) electrons. The number of carbonyl (C=O) groups is 1. The Kier molecular flexibility index (Phi) is 6.90. The van der Waals surface area contributed by atoms with Crippen molar-refractivity contribution in [3.63, 3.8) is 0 Å². The average Bonchev–Trinajstić information content (AvgIpc) is 2.76. The van der Waals surface area contributed by atoms with Gasteiger partial charge in [0.15, 0.2) is 9.84 Å². The molecule has 0 heterocycles. The van der Waals surface area contributed by atoms with Crippen molar-refractivity contribution in [2.45, 2.75) is 30.9 Å². The van der Waals surface area contributed by atoms with E-state index in [2.05, 4.69) is 5.32 Å². The highest BCUT2D eigenvalue weighted by Gasteiger charge is 2.16. The molecule has 0 spiro atoms. The maximum Gasteiger partial charge on any atom is 0.251 e. The first-order valence-electron chi connectivity index (χ1n) is 9.74. The molecule has 3 aromatic rings. The fourth-order valence-corrected chi connectivity index (χ4v) is 3.71. The second kappa shape index (κ2) is 9.59. The fraction of sp³-hybridized carbons (Fsp3) is 0.208. The largest absolute Gasteiger partial charge is 0.489 e. The third kappa shape index (κ3) is 5.70. The van der Waals surface area contributed by atoms with Crippen LogP contribution in [0.3, 0.4) is 0 Å². The summed E-state index contributed by atoms with van der Waals surface area (Å²) in [5.41, 5.74) is 2.41. The molecule has 0 aromatic heterocycles. The van der Waals surface area contributed by atoms with Gasteiger partial charge in [0, 0.05) is 11.8 Å². The van der Waals surface area contributed by atoms with E-state index in [1.165, 1.54) is 6.26 Å². The molecule has 156 valence electrons. The van der Waals surface area contributed by atoms with Gasteiger partial charge in [-0.1, -0.05) is 55.5 Å². The van der Waals surface area contributed by atoms with Crippen LogP contribution in [0.5, 0.6) is 5.75 Å². The van der Waals surface area contributed by atoms with Crippen LogP contribution in [0.4, 0.5) is 0 Å². The molecule has 0 aliphatic rings. The molecule has 1 amide bonds. The van der Waals surface area contributed by atoms with Crippen molar-refractivity contribution in [2.75, 3.05) is 6.26 Å². The van der Waals surface area contributed by atoms with Crippen LogP contribution in [0.15, 0.2) is 83.8 Å². The highest BCUT2D eigenvalue weighted by Crippen LogP contribution is 2.21. The maximum absolute atomic E-state index is 12.8. The molecular weight excluding hydrogens is 398 g/mol. The second-order valence-corrected chi connectivity index (χ2v) is 9.09. The van der Waals surface area contributed by atoms with E-state index in [9.17, 15) is 13.2 Å². The number of hydrogen-bond acceptors (Lipinski definition) is 4. The summed E-state index contributed by atoms with van der Waals surface area (Å²) in [6.45, 7) is 2.39. The second-order valence-electron chi connectivity index (χ2n) is 7.08. The number of ether oxygens (including phenoxy) is 1. The summed E-state index contributed by atoms with van der Waals surface area (Å²) in [4.78, 5) is 13.0. The normalized spacial score (nSPS) is 12.2. The third-order valence-electron chi connectivity index (χ3n) is 4.77. The molecule has 30 heavy (non-hydrogen) atoms. The lowest BCUT2D eigenvalue weighted by Gasteiger charge is -2.18. The highest BCUT2D eigenvalue weighted by molar-refractivity contribution is 7.90. The Morgan fingerprint density at radius 3 is 2.30 bits per heavy atom. The van der Waals surface area contributed by atoms with E-state index >= 15 is 0 Å². The lowest BCUT2D eigenvalue weighted by atomic mass is 10.0. The van der Waals surface area contributed by atoms with Crippen molar-refractivity contribution in [3.8, 4) is 5.75 Å². The molecule has 5 nitrogen and oxygen atoms in total. The van der Waals surface area contributed by atoms with Crippen molar-refractivity contribution in [2.24, 2.45) is 0 Å². The molecule has 0 bridgehead atoms. The average molecular weight is 424 g/mol. The van der Waals surface area contributed by atoms with Crippen LogP contribution in [0.25, 0.3) is 0 Å². The molecule has 1 atom stereocenters. The van der Waals surface area contributed by atoms with Gasteiger partial charge in [-0.3, -0.25) is 4.79 Å². The smallest absolute Gasteiger partial charge is 0.251 e. The minimum atomic E-state index is -3.25. The molecule has 0 saturated heterocycles. The topological polar surface area (TPSA) is 72.5 Å². The number of rotatable bonds is 8. The molecule has 0 fully saturated rings. The molecule has 0 unspecified atom stereocenters. The van der Waals surface area contributed by atoms with Crippen LogP contribution in [0, 0.1) is 0 Å². The van der Waals surface area contributed by atoms with Gasteiger partial charge in [-0.05, 0) is 47.9 Å². The van der Waals surface area contributed by atoms with Crippen LogP contribution in [-0.4, -0.2) is 20.6 Å². The summed E-state index contributed by atoms with van der Waals surface area (Å²) in [6.07, 6.45) is 1.85. The zero-order valence-corrected chi connectivity index (χ0v) is 17.9. The van der Waals surface area contributed by atoms with Gasteiger partial charge in [0.05, 0.1) is 10.9 Å². The van der Waals surface area contributed by atoms with E-state index in [4.69, 9.17) is 4.74 Å². The maximum atomic E-state index is 12.8. The molecule has 1 N–H and O–H groups in total. The summed E-state index contributed by atoms with van der Waals surface area (Å²) in [7, 11) is -3.25. The summed E-state index contributed by atoms with van der Waals surface area (Å²) in [5.74, 6) is 0.413. The summed E-state index contributed by atoms with van der Waals surface area (Å²) < 4.78 is 29.1. The quantitative estimate of drug-likeness (QED) is 0.577. The van der Waals surface area contributed by atoms with Crippen molar-refractivity contribution in [1.29, 1.82) is 0 Å². The van der Waals surface area contributed by atoms with Crippen LogP contribution in [0.2, 0.25) is 0 Å². The summed E-state index contributed by atoms with van der Waals surface area (Å²) >= 11 is 0. The first kappa shape index (κ1) is 21.6. The van der Waals surface area contributed by atoms with Gasteiger partial charge in [0.1, 0.15) is 12.4 Å². The van der Waals surface area contributed by atoms with Crippen molar-refractivity contribution >= 4 is 15.7 Å². The van der Waals surface area contributed by atoms with Gasteiger partial charge < -0.3 is 10.1 Å². The number of carbonyl (C=O) groups excluding carboxylic acids is 1. The van der Waals surface area contributed by atoms with Crippen LogP contribution < -0.4 is 10.1 Å². The number of sulfone groups is 1. The van der Waals surface area contributed by atoms with E-state index in [1.807, 2.05) is 43.3 Å². The van der Waals surface area contributed by atoms with Gasteiger partial charge in [-0.2, -0.15) is 0 Å². The van der Waals surface area contributed by atoms with E-state index < -0.39 is 9.84 Å². The van der Waals surface area contributed by atoms with Crippen LogP contribution in [-0.2, 0) is 16.4 Å². The number of benzene rings is 3. The minimum absolute atomic E-state index is 0.209. The van der Waals surface area contributed by atoms with E-state index in [0.717, 1.165) is 11.1 Å². The predicted molar refractivity (Wildman–Crippen MR) is 117 cm³/mol. The van der Waals surface area contributed by atoms with E-state index in [0.29, 0.717) is 24.3 Å². The van der Waals surface area contributed by atoms with Gasteiger partial charge in [-0.15, -0.1) is 0 Å². The number of nitrogens with one attached hydrogen (secondary N) is 1. The van der Waals surface area contributed by atoms with Crippen molar-refractivity contribution in [1.82, 2.24) is 5.32 Å². The van der Waals surface area contributed by atoms with Crippen molar-refractivity contribution < 1.29 is 17.9 Å². The fourth-order valence-electron chi connectivity index (χ4n) is 3.08. The lowest BCUT2D eigenvalue weighted by molar-refractivity contribution is 0.0935. The third-order valence-corrected chi connectivity index (χ3v) is 5.90. The number of hydrogen-bond donors (Lipinski definition) is 1. The van der Waals surface area contributed by atoms with Crippen molar-refractivity contribution in [3.05, 3.63) is 95.6 Å². The summed E-state index contributed by atoms with van der Waals surface area (Å²) in [5, 5.41) is 3.01. The Morgan fingerprint density at radius 2 is 1.67 bits per heavy atom. The molecular formula is C24H25NO4S. The zero-order chi connectivity index (χ0) is 21.6. The SMILES string of the molecule is CC[C@H](NC(=O)c1cccc(OCc2ccccc2)c1)c1ccc(S(C)(=O)=O)cc1. The Balaban J connectivity index is 1.68. The summed E-state index contributed by atoms with van der Waals surface area (Å²) in [6, 6.07) is 23.3. The first-order valence-corrected chi connectivity index (χ1v) is 11.6. The van der Waals surface area contributed by atoms with Gasteiger partial charge in [0.25, 0.3) is 5.91 Å². The van der Waals surface area contributed by atoms with Crippen LogP contribution in [0.1, 0.15) is 40.9 Å². The molecule has 0 aliphatic heterocycles. The Hall–Kier alpha value is -3.12. The first-order chi connectivity index (χ1) is 14.4. The molecule has 6 heteroatoms. The molecule has 3 rings (SSSR count). The van der Waals surface area contributed by atoms with Crippen LogP contribution >= 0.6 is 0 Å². The zero-order valence-electron chi connectivity index (χ0n) is 17.0. The monoisotopic (exact) mass is 423 g/mol. The minimum Gasteiger partial charge on any atom is -0.489 e. The highest BCUT2D eigenvalue weighted by atomic mass is 32.2. The van der Waals surface area contributed by atoms with E-state index in [-0.39, 0.29) is 16.8 Å². The van der Waals surface area contributed by atoms with E-state index in [1.54, 1.807) is 42.5 Å². The standard InChI is InChI=1S/C24H25NO4S/c1-3-23(19-12-14-22(15-13-19)30(2,27)28)25-24(26)20-10-7-11-21(16-20)29-17-18-8-5-4-6-9-18/h4-16,23H,3,17H2,1-2H3,(H,25,26)/t23-/m0/s1. The Morgan fingerprint density at radius 1 is 0.967 bits per heavy atom. The van der Waals surface area contributed by atoms with Gasteiger partial charge >= 0.3 is 0 Å².